The summed E-state index contributed by atoms with van der Waals surface area (Å²) >= 11 is 2.07. The monoisotopic (exact) mass is 500 g/mol. The number of carbonyl (C=O) groups excluding carboxylic acids is 3. The van der Waals surface area contributed by atoms with Crippen molar-refractivity contribution in [3.63, 3.8) is 0 Å². The Morgan fingerprint density at radius 2 is 1.52 bits per heavy atom. The first-order valence-electron chi connectivity index (χ1n) is 9.08. The third-order valence-electron chi connectivity index (χ3n) is 4.28. The van der Waals surface area contributed by atoms with Crippen LogP contribution in [0.25, 0.3) is 0 Å². The van der Waals surface area contributed by atoms with Crippen LogP contribution in [0.5, 0.6) is 0 Å². The van der Waals surface area contributed by atoms with Crippen LogP contribution in [0.15, 0.2) is 0 Å². The Morgan fingerprint density at radius 3 is 2.00 bits per heavy atom. The molecule has 1 fully saturated rings. The molecule has 0 aromatic heterocycles. The van der Waals surface area contributed by atoms with Gasteiger partial charge in [-0.1, -0.05) is 49.3 Å². The largest absolute Gasteiger partial charge is 0.463 e. The van der Waals surface area contributed by atoms with Crippen LogP contribution < -0.4 is 0 Å². The van der Waals surface area contributed by atoms with Gasteiger partial charge in [-0.2, -0.15) is 0 Å². The molecule has 0 bridgehead atoms. The molecule has 0 radical (unpaired) electrons. The van der Waals surface area contributed by atoms with Gasteiger partial charge in [0, 0.05) is 20.8 Å². The van der Waals surface area contributed by atoms with E-state index in [-0.39, 0.29) is 6.61 Å². The highest BCUT2D eigenvalue weighted by molar-refractivity contribution is 14.1. The first kappa shape index (κ1) is 24.1. The lowest BCUT2D eigenvalue weighted by Crippen LogP contribution is -2.60. The lowest BCUT2D eigenvalue weighted by Gasteiger charge is -2.43. The molecule has 0 spiro atoms. The van der Waals surface area contributed by atoms with Gasteiger partial charge >= 0.3 is 17.9 Å². The van der Waals surface area contributed by atoms with E-state index in [0.717, 1.165) is 12.8 Å². The van der Waals surface area contributed by atoms with Crippen LogP contribution in [0.1, 0.15) is 47.5 Å². The number of alkyl halides is 1. The Hall–Kier alpha value is -0.940. The molecule has 0 N–H and O–H groups in total. The molecule has 156 valence electrons. The summed E-state index contributed by atoms with van der Waals surface area (Å²) in [6.45, 7) is 8.33. The van der Waals surface area contributed by atoms with E-state index in [4.69, 9.17) is 23.7 Å². The van der Waals surface area contributed by atoms with Gasteiger partial charge in [-0.05, 0) is 5.92 Å². The van der Waals surface area contributed by atoms with Gasteiger partial charge in [-0.15, -0.1) is 0 Å². The van der Waals surface area contributed by atoms with Gasteiger partial charge in [0.1, 0.15) is 16.6 Å². The Bertz CT molecular complexity index is 508. The molecule has 1 saturated heterocycles. The second-order valence-corrected chi connectivity index (χ2v) is 7.89. The van der Waals surface area contributed by atoms with Crippen molar-refractivity contribution in [2.45, 2.75) is 76.0 Å². The standard InChI is InChI=1S/C18H29IO8/c1-6-13(7-2)8-24-18-15(19)17(26-12(5)22)16(25-11(4)21)14(27-18)9-23-10(3)20/h13-18H,6-9H2,1-5H3/t14-,15+,16-,17-,18+/m1/s1. The van der Waals surface area contributed by atoms with Crippen molar-refractivity contribution in [1.29, 1.82) is 0 Å². The predicted octanol–water partition coefficient (Wildman–Crippen LogP) is 2.39. The minimum atomic E-state index is -0.902. The number of hydrogen-bond acceptors (Lipinski definition) is 8. The van der Waals surface area contributed by atoms with Gasteiger partial charge in [0.2, 0.25) is 0 Å². The quantitative estimate of drug-likeness (QED) is 0.206. The summed E-state index contributed by atoms with van der Waals surface area (Å²) < 4.78 is 27.3. The second kappa shape index (κ2) is 11.8. The van der Waals surface area contributed by atoms with E-state index < -0.39 is 46.4 Å². The first-order chi connectivity index (χ1) is 12.7. The van der Waals surface area contributed by atoms with Crippen LogP contribution in [-0.2, 0) is 38.1 Å². The zero-order valence-corrected chi connectivity index (χ0v) is 18.6. The van der Waals surface area contributed by atoms with Crippen molar-refractivity contribution >= 4 is 40.5 Å². The highest BCUT2D eigenvalue weighted by Crippen LogP contribution is 2.32. The van der Waals surface area contributed by atoms with Gasteiger partial charge in [-0.3, -0.25) is 14.4 Å². The molecular weight excluding hydrogens is 471 g/mol. The highest BCUT2D eigenvalue weighted by atomic mass is 127. The van der Waals surface area contributed by atoms with Crippen molar-refractivity contribution in [3.05, 3.63) is 0 Å². The maximum atomic E-state index is 11.6. The molecule has 9 heteroatoms. The number of esters is 3. The molecule has 0 unspecified atom stereocenters. The fourth-order valence-corrected chi connectivity index (χ4v) is 3.68. The summed E-state index contributed by atoms with van der Waals surface area (Å²) in [7, 11) is 0. The van der Waals surface area contributed by atoms with Crippen molar-refractivity contribution in [3.8, 4) is 0 Å². The average molecular weight is 500 g/mol. The molecule has 8 nitrogen and oxygen atoms in total. The zero-order valence-electron chi connectivity index (χ0n) is 16.4. The minimum Gasteiger partial charge on any atom is -0.463 e. The fraction of sp³-hybridized carbons (Fsp3) is 0.833. The smallest absolute Gasteiger partial charge is 0.303 e. The van der Waals surface area contributed by atoms with E-state index >= 15 is 0 Å². The maximum Gasteiger partial charge on any atom is 0.303 e. The fourth-order valence-electron chi connectivity index (χ4n) is 2.75. The number of ether oxygens (including phenoxy) is 5. The van der Waals surface area contributed by atoms with E-state index in [1.807, 2.05) is 0 Å². The Labute approximate surface area is 173 Å². The van der Waals surface area contributed by atoms with Gasteiger partial charge in [0.15, 0.2) is 18.5 Å². The predicted molar refractivity (Wildman–Crippen MR) is 104 cm³/mol. The highest BCUT2D eigenvalue weighted by Gasteiger charge is 2.49. The molecule has 0 aromatic carbocycles. The SMILES string of the molecule is CCC(CC)CO[C@H]1O[C@H](COC(C)=O)[C@@H](OC(C)=O)[C@H](OC(C)=O)[C@@H]1I. The number of hydrogen-bond donors (Lipinski definition) is 0. The van der Waals surface area contributed by atoms with E-state index in [9.17, 15) is 14.4 Å². The van der Waals surface area contributed by atoms with E-state index in [0.29, 0.717) is 12.5 Å². The summed E-state index contributed by atoms with van der Waals surface area (Å²) in [6.07, 6.45) is -1.25. The Morgan fingerprint density at radius 1 is 0.963 bits per heavy atom. The van der Waals surface area contributed by atoms with E-state index in [2.05, 4.69) is 36.4 Å². The van der Waals surface area contributed by atoms with Crippen LogP contribution in [0, 0.1) is 5.92 Å². The second-order valence-electron chi connectivity index (χ2n) is 6.45. The molecule has 1 aliphatic rings. The van der Waals surface area contributed by atoms with Gasteiger partial charge in [0.25, 0.3) is 0 Å². The third-order valence-corrected chi connectivity index (χ3v) is 5.57. The molecule has 1 rings (SSSR count). The molecular formula is C18H29IO8. The summed E-state index contributed by atoms with van der Waals surface area (Å²) in [5.41, 5.74) is 0. The van der Waals surface area contributed by atoms with Gasteiger partial charge in [0.05, 0.1) is 6.61 Å². The minimum absolute atomic E-state index is 0.140. The Balaban J connectivity index is 3.01. The van der Waals surface area contributed by atoms with Crippen molar-refractivity contribution in [2.75, 3.05) is 13.2 Å². The molecule has 0 aliphatic carbocycles. The number of carbonyl (C=O) groups is 3. The lowest BCUT2D eigenvalue weighted by atomic mass is 10.0. The molecule has 0 aromatic rings. The molecule has 1 aliphatic heterocycles. The van der Waals surface area contributed by atoms with Crippen molar-refractivity contribution in [1.82, 2.24) is 0 Å². The maximum absolute atomic E-state index is 11.6. The zero-order chi connectivity index (χ0) is 20.6. The van der Waals surface area contributed by atoms with Crippen molar-refractivity contribution < 1.29 is 38.1 Å². The molecule has 0 saturated carbocycles. The topological polar surface area (TPSA) is 97.4 Å². The normalized spacial score (nSPS) is 27.9. The first-order valence-corrected chi connectivity index (χ1v) is 10.3. The molecule has 1 heterocycles. The summed E-state index contributed by atoms with van der Waals surface area (Å²) in [4.78, 5) is 34.4. The van der Waals surface area contributed by atoms with Crippen molar-refractivity contribution in [2.24, 2.45) is 5.92 Å². The van der Waals surface area contributed by atoms with Crippen LogP contribution in [0.3, 0.4) is 0 Å². The van der Waals surface area contributed by atoms with E-state index in [1.54, 1.807) is 0 Å². The summed E-state index contributed by atoms with van der Waals surface area (Å²) in [6, 6.07) is 0. The van der Waals surface area contributed by atoms with Crippen LogP contribution in [0.2, 0.25) is 0 Å². The number of halogens is 1. The molecule has 0 amide bonds. The molecule has 5 atom stereocenters. The van der Waals surface area contributed by atoms with Crippen LogP contribution in [0.4, 0.5) is 0 Å². The summed E-state index contributed by atoms with van der Waals surface area (Å²) in [5, 5.41) is 0. The average Bonchev–Trinajstić information content (AvgIpc) is 2.58. The van der Waals surface area contributed by atoms with Gasteiger partial charge in [-0.25, -0.2) is 0 Å². The lowest BCUT2D eigenvalue weighted by molar-refractivity contribution is -0.262. The van der Waals surface area contributed by atoms with Crippen LogP contribution in [-0.4, -0.2) is 59.6 Å². The van der Waals surface area contributed by atoms with Gasteiger partial charge < -0.3 is 23.7 Å². The summed E-state index contributed by atoms with van der Waals surface area (Å²) in [5.74, 6) is -1.17. The third kappa shape index (κ3) is 7.90. The Kier molecular flexibility index (Phi) is 10.5. The number of rotatable bonds is 9. The molecule has 27 heavy (non-hydrogen) atoms. The van der Waals surface area contributed by atoms with Crippen LogP contribution >= 0.6 is 22.6 Å². The van der Waals surface area contributed by atoms with E-state index in [1.165, 1.54) is 20.8 Å².